The van der Waals surface area contributed by atoms with E-state index in [0.29, 0.717) is 0 Å². The fourth-order valence-corrected chi connectivity index (χ4v) is 3.02. The van der Waals surface area contributed by atoms with Crippen molar-refractivity contribution in [1.82, 2.24) is 10.2 Å². The molecule has 6 heteroatoms. The van der Waals surface area contributed by atoms with Crippen LogP contribution in [0, 0.1) is 6.92 Å². The second-order valence-corrected chi connectivity index (χ2v) is 6.08. The van der Waals surface area contributed by atoms with Gasteiger partial charge >= 0.3 is 0 Å². The summed E-state index contributed by atoms with van der Waals surface area (Å²) in [5, 5.41) is 2.22. The maximum atomic E-state index is 12.1. The van der Waals surface area contributed by atoms with Gasteiger partial charge in [0.05, 0.1) is 5.75 Å². The second-order valence-electron chi connectivity index (χ2n) is 5.09. The Balaban J connectivity index is 1.86. The van der Waals surface area contributed by atoms with Crippen molar-refractivity contribution in [3.63, 3.8) is 0 Å². The molecule has 0 saturated carbocycles. The normalized spacial score (nSPS) is 18.6. The first kappa shape index (κ1) is 15.6. The average molecular weight is 306 g/mol. The molecule has 3 amide bonds. The van der Waals surface area contributed by atoms with E-state index in [2.05, 4.69) is 11.4 Å². The largest absolute Gasteiger partial charge is 0.321 e. The topological polar surface area (TPSA) is 66.5 Å². The number of hydrogen-bond donors (Lipinski definition) is 1. The van der Waals surface area contributed by atoms with Gasteiger partial charge < -0.3 is 4.90 Å². The van der Waals surface area contributed by atoms with Crippen LogP contribution < -0.4 is 5.32 Å². The second kappa shape index (κ2) is 6.76. The summed E-state index contributed by atoms with van der Waals surface area (Å²) in [5.41, 5.74) is 2.35. The Morgan fingerprint density at radius 3 is 2.90 bits per heavy atom. The van der Waals surface area contributed by atoms with Crippen LogP contribution in [0.5, 0.6) is 0 Å². The van der Waals surface area contributed by atoms with Crippen LogP contribution in [0.4, 0.5) is 0 Å². The molecule has 1 saturated heterocycles. The van der Waals surface area contributed by atoms with Crippen molar-refractivity contribution in [3.05, 3.63) is 35.4 Å². The highest BCUT2D eigenvalue weighted by atomic mass is 32.2. The van der Waals surface area contributed by atoms with Crippen LogP contribution in [0.25, 0.3) is 0 Å². The lowest BCUT2D eigenvalue weighted by molar-refractivity contribution is -0.148. The lowest BCUT2D eigenvalue weighted by Gasteiger charge is -2.31. The first-order valence-corrected chi connectivity index (χ1v) is 7.89. The van der Waals surface area contributed by atoms with E-state index >= 15 is 0 Å². The highest BCUT2D eigenvalue weighted by Gasteiger charge is 2.33. The van der Waals surface area contributed by atoms with Crippen molar-refractivity contribution in [2.75, 3.05) is 12.3 Å². The molecule has 1 aromatic rings. The van der Waals surface area contributed by atoms with Crippen LogP contribution in [0.3, 0.4) is 0 Å². The molecule has 0 radical (unpaired) electrons. The van der Waals surface area contributed by atoms with Gasteiger partial charge in [-0.1, -0.05) is 29.8 Å². The van der Waals surface area contributed by atoms with Crippen molar-refractivity contribution in [2.24, 2.45) is 0 Å². The van der Waals surface area contributed by atoms with Gasteiger partial charge in [-0.05, 0) is 19.4 Å². The van der Waals surface area contributed by atoms with Crippen LogP contribution in [0.1, 0.15) is 18.1 Å². The summed E-state index contributed by atoms with van der Waals surface area (Å²) in [6, 6.07) is 7.53. The molecule has 1 heterocycles. The number of piperazine rings is 1. The van der Waals surface area contributed by atoms with Crippen molar-refractivity contribution in [2.45, 2.75) is 25.6 Å². The van der Waals surface area contributed by atoms with Crippen molar-refractivity contribution in [3.8, 4) is 0 Å². The quantitative estimate of drug-likeness (QED) is 0.846. The molecule has 5 nitrogen and oxygen atoms in total. The summed E-state index contributed by atoms with van der Waals surface area (Å²) in [7, 11) is 0. The van der Waals surface area contributed by atoms with E-state index in [1.165, 1.54) is 22.2 Å². The number of amides is 3. The molecular formula is C15H18N2O3S. The third-order valence-electron chi connectivity index (χ3n) is 3.32. The van der Waals surface area contributed by atoms with E-state index < -0.39 is 17.9 Å². The van der Waals surface area contributed by atoms with Gasteiger partial charge in [-0.3, -0.25) is 19.7 Å². The average Bonchev–Trinajstić information content (AvgIpc) is 2.42. The van der Waals surface area contributed by atoms with Crippen LogP contribution in [-0.4, -0.2) is 41.0 Å². The van der Waals surface area contributed by atoms with Gasteiger partial charge in [-0.25, -0.2) is 0 Å². The summed E-state index contributed by atoms with van der Waals surface area (Å²) in [4.78, 5) is 36.3. The van der Waals surface area contributed by atoms with Gasteiger partial charge in [0.15, 0.2) is 0 Å². The molecule has 1 aliphatic heterocycles. The van der Waals surface area contributed by atoms with Gasteiger partial charge in [-0.2, -0.15) is 0 Å². The molecule has 112 valence electrons. The SMILES string of the molecule is Cc1cccc(CSCC(=O)N2CC(=O)NC(=O)C2C)c1. The number of carbonyl (C=O) groups is 3. The number of aryl methyl sites for hydroxylation is 1. The summed E-state index contributed by atoms with van der Waals surface area (Å²) < 4.78 is 0. The number of benzene rings is 1. The third-order valence-corrected chi connectivity index (χ3v) is 4.31. The Morgan fingerprint density at radius 1 is 1.43 bits per heavy atom. The molecule has 0 spiro atoms. The van der Waals surface area contributed by atoms with Gasteiger partial charge in [-0.15, -0.1) is 11.8 Å². The standard InChI is InChI=1S/C15H18N2O3S/c1-10-4-3-5-12(6-10)8-21-9-14(19)17-7-13(18)16-15(20)11(17)2/h3-6,11H,7-9H2,1-2H3,(H,16,18,20). The summed E-state index contributed by atoms with van der Waals surface area (Å²) in [6.07, 6.45) is 0. The molecule has 1 aliphatic rings. The zero-order valence-electron chi connectivity index (χ0n) is 12.1. The minimum atomic E-state index is -0.588. The molecule has 21 heavy (non-hydrogen) atoms. The summed E-state index contributed by atoms with van der Waals surface area (Å²) >= 11 is 1.49. The van der Waals surface area contributed by atoms with E-state index in [1.807, 2.05) is 25.1 Å². The molecule has 1 fully saturated rings. The predicted molar refractivity (Wildman–Crippen MR) is 81.7 cm³/mol. The van der Waals surface area contributed by atoms with Crippen LogP contribution in [0.15, 0.2) is 24.3 Å². The first-order chi connectivity index (χ1) is 9.97. The zero-order valence-corrected chi connectivity index (χ0v) is 12.9. The molecule has 0 aromatic heterocycles. The Bertz CT molecular complexity index is 574. The highest BCUT2D eigenvalue weighted by Crippen LogP contribution is 2.15. The Labute approximate surface area is 128 Å². The maximum Gasteiger partial charge on any atom is 0.249 e. The van der Waals surface area contributed by atoms with Crippen LogP contribution >= 0.6 is 11.8 Å². The third kappa shape index (κ3) is 4.07. The summed E-state index contributed by atoms with van der Waals surface area (Å²) in [5.74, 6) is -0.0176. The maximum absolute atomic E-state index is 12.1. The molecule has 0 bridgehead atoms. The van der Waals surface area contributed by atoms with E-state index in [1.54, 1.807) is 6.92 Å². The highest BCUT2D eigenvalue weighted by molar-refractivity contribution is 7.99. The smallest absolute Gasteiger partial charge is 0.249 e. The number of hydrogen-bond acceptors (Lipinski definition) is 4. The van der Waals surface area contributed by atoms with Crippen LogP contribution in [0.2, 0.25) is 0 Å². The summed E-state index contributed by atoms with van der Waals surface area (Å²) in [6.45, 7) is 3.61. The first-order valence-electron chi connectivity index (χ1n) is 6.74. The van der Waals surface area contributed by atoms with Gasteiger partial charge in [0, 0.05) is 5.75 Å². The molecule has 2 rings (SSSR count). The van der Waals surface area contributed by atoms with Crippen molar-refractivity contribution in [1.29, 1.82) is 0 Å². The number of nitrogens with zero attached hydrogens (tertiary/aromatic N) is 1. The fourth-order valence-electron chi connectivity index (χ4n) is 2.16. The molecule has 1 unspecified atom stereocenters. The number of imide groups is 1. The van der Waals surface area contributed by atoms with Crippen LogP contribution in [-0.2, 0) is 20.1 Å². The molecule has 1 atom stereocenters. The van der Waals surface area contributed by atoms with E-state index in [0.717, 1.165) is 11.3 Å². The predicted octanol–water partition coefficient (Wildman–Crippen LogP) is 1.10. The van der Waals surface area contributed by atoms with Crippen molar-refractivity contribution >= 4 is 29.5 Å². The Hall–Kier alpha value is -1.82. The van der Waals surface area contributed by atoms with Gasteiger partial charge in [0.1, 0.15) is 12.6 Å². The number of thioether (sulfide) groups is 1. The fraction of sp³-hybridized carbons (Fsp3) is 0.400. The number of rotatable bonds is 4. The lowest BCUT2D eigenvalue weighted by atomic mass is 10.2. The molecule has 0 aliphatic carbocycles. The Morgan fingerprint density at radius 2 is 2.19 bits per heavy atom. The molecular weight excluding hydrogens is 288 g/mol. The Kier molecular flexibility index (Phi) is 5.01. The van der Waals surface area contributed by atoms with Gasteiger partial charge in [0.25, 0.3) is 0 Å². The minimum absolute atomic E-state index is 0.0449. The van der Waals surface area contributed by atoms with Gasteiger partial charge in [0.2, 0.25) is 17.7 Å². The number of carbonyl (C=O) groups excluding carboxylic acids is 3. The molecule has 1 N–H and O–H groups in total. The monoisotopic (exact) mass is 306 g/mol. The lowest BCUT2D eigenvalue weighted by Crippen LogP contribution is -2.59. The minimum Gasteiger partial charge on any atom is -0.321 e. The zero-order chi connectivity index (χ0) is 15.4. The molecule has 1 aromatic carbocycles. The van der Waals surface area contributed by atoms with E-state index in [9.17, 15) is 14.4 Å². The van der Waals surface area contributed by atoms with Crippen molar-refractivity contribution < 1.29 is 14.4 Å². The number of nitrogens with one attached hydrogen (secondary N) is 1. The van der Waals surface area contributed by atoms with E-state index in [4.69, 9.17) is 0 Å². The van der Waals surface area contributed by atoms with E-state index in [-0.39, 0.29) is 18.2 Å².